The first kappa shape index (κ1) is 15.9. The van der Waals surface area contributed by atoms with Crippen molar-refractivity contribution >= 4 is 11.7 Å². The van der Waals surface area contributed by atoms with Gasteiger partial charge in [0, 0.05) is 37.3 Å². The van der Waals surface area contributed by atoms with E-state index in [-0.39, 0.29) is 24.5 Å². The Hall–Kier alpha value is -2.49. The van der Waals surface area contributed by atoms with E-state index in [2.05, 4.69) is 16.4 Å². The van der Waals surface area contributed by atoms with Crippen LogP contribution in [0.15, 0.2) is 48.8 Å². The van der Waals surface area contributed by atoms with E-state index in [4.69, 9.17) is 0 Å². The van der Waals surface area contributed by atoms with Crippen molar-refractivity contribution in [3.05, 3.63) is 65.5 Å². The van der Waals surface area contributed by atoms with Crippen LogP contribution in [0.3, 0.4) is 0 Å². The highest BCUT2D eigenvalue weighted by Gasteiger charge is 2.09. The van der Waals surface area contributed by atoms with Gasteiger partial charge in [-0.3, -0.25) is 14.6 Å². The summed E-state index contributed by atoms with van der Waals surface area (Å²) in [5.41, 5.74) is 2.97. The van der Waals surface area contributed by atoms with Crippen molar-refractivity contribution < 1.29 is 9.59 Å². The van der Waals surface area contributed by atoms with E-state index in [1.807, 2.05) is 25.1 Å². The predicted molar refractivity (Wildman–Crippen MR) is 85.7 cm³/mol. The van der Waals surface area contributed by atoms with E-state index in [9.17, 15) is 9.59 Å². The van der Waals surface area contributed by atoms with Crippen LogP contribution in [0.5, 0.6) is 0 Å². The second kappa shape index (κ2) is 8.08. The molecular formula is C18H20N2O2. The van der Waals surface area contributed by atoms with Gasteiger partial charge in [0.25, 0.3) is 0 Å². The zero-order valence-corrected chi connectivity index (χ0v) is 12.7. The minimum atomic E-state index is -0.0927. The summed E-state index contributed by atoms with van der Waals surface area (Å²) in [6, 6.07) is 11.6. The van der Waals surface area contributed by atoms with Crippen LogP contribution in [0.4, 0.5) is 0 Å². The minimum Gasteiger partial charge on any atom is -0.356 e. The molecule has 0 bridgehead atoms. The molecule has 0 aliphatic carbocycles. The van der Waals surface area contributed by atoms with Gasteiger partial charge in [0.15, 0.2) is 5.78 Å². The Bertz CT molecular complexity index is 639. The van der Waals surface area contributed by atoms with E-state index in [1.165, 1.54) is 17.3 Å². The number of aryl methyl sites for hydroxylation is 1. The van der Waals surface area contributed by atoms with Gasteiger partial charge in [0.1, 0.15) is 0 Å². The van der Waals surface area contributed by atoms with Crippen LogP contribution in [0.25, 0.3) is 0 Å². The number of pyridine rings is 1. The van der Waals surface area contributed by atoms with Crippen LogP contribution in [0, 0.1) is 6.92 Å². The topological polar surface area (TPSA) is 59.1 Å². The van der Waals surface area contributed by atoms with Crippen LogP contribution in [-0.2, 0) is 11.2 Å². The number of carbonyl (C=O) groups excluding carboxylic acids is 2. The lowest BCUT2D eigenvalue weighted by atomic mass is 10.1. The molecule has 1 aromatic heterocycles. The number of nitrogens with one attached hydrogen (secondary N) is 1. The third kappa shape index (κ3) is 5.13. The Morgan fingerprint density at radius 1 is 1.14 bits per heavy atom. The number of amides is 1. The molecule has 0 radical (unpaired) electrons. The third-order valence-electron chi connectivity index (χ3n) is 3.38. The van der Waals surface area contributed by atoms with Gasteiger partial charge in [-0.2, -0.15) is 0 Å². The molecule has 1 N–H and O–H groups in total. The number of ketones is 1. The Morgan fingerprint density at radius 2 is 2.00 bits per heavy atom. The van der Waals surface area contributed by atoms with Gasteiger partial charge in [-0.15, -0.1) is 0 Å². The summed E-state index contributed by atoms with van der Waals surface area (Å²) in [6.07, 6.45) is 4.36. The Labute approximate surface area is 130 Å². The summed E-state index contributed by atoms with van der Waals surface area (Å²) in [6.45, 7) is 2.63. The maximum atomic E-state index is 11.9. The summed E-state index contributed by atoms with van der Waals surface area (Å²) < 4.78 is 0. The fourth-order valence-corrected chi connectivity index (χ4v) is 2.20. The SMILES string of the molecule is Cc1cccc(CCNC(=O)CCC(=O)c2cccnc2)c1. The molecule has 1 heterocycles. The number of rotatable bonds is 7. The van der Waals surface area contributed by atoms with Gasteiger partial charge in [-0.1, -0.05) is 29.8 Å². The predicted octanol–water partition coefficient (Wildman–Crippen LogP) is 2.71. The van der Waals surface area contributed by atoms with Crippen molar-refractivity contribution in [3.8, 4) is 0 Å². The van der Waals surface area contributed by atoms with E-state index >= 15 is 0 Å². The highest BCUT2D eigenvalue weighted by atomic mass is 16.2. The number of carbonyl (C=O) groups is 2. The first-order chi connectivity index (χ1) is 10.6. The zero-order chi connectivity index (χ0) is 15.8. The molecule has 2 aromatic rings. The summed E-state index contributed by atoms with van der Waals surface area (Å²) in [7, 11) is 0. The van der Waals surface area contributed by atoms with Crippen molar-refractivity contribution in [1.29, 1.82) is 0 Å². The lowest BCUT2D eigenvalue weighted by Gasteiger charge is -2.06. The quantitative estimate of drug-likeness (QED) is 0.799. The maximum absolute atomic E-state index is 11.9. The summed E-state index contributed by atoms with van der Waals surface area (Å²) in [4.78, 5) is 27.5. The van der Waals surface area contributed by atoms with E-state index in [1.54, 1.807) is 18.3 Å². The van der Waals surface area contributed by atoms with Crippen LogP contribution < -0.4 is 5.32 Å². The summed E-state index contributed by atoms with van der Waals surface area (Å²) in [5.74, 6) is -0.146. The van der Waals surface area contributed by atoms with Crippen molar-refractivity contribution in [2.24, 2.45) is 0 Å². The standard InChI is InChI=1S/C18H20N2O2/c1-14-4-2-5-15(12-14)9-11-20-18(22)8-7-17(21)16-6-3-10-19-13-16/h2-6,10,12-13H,7-9,11H2,1H3,(H,20,22). The first-order valence-electron chi connectivity index (χ1n) is 7.40. The Balaban J connectivity index is 1.69. The normalized spacial score (nSPS) is 10.2. The second-order valence-corrected chi connectivity index (χ2v) is 5.25. The average molecular weight is 296 g/mol. The van der Waals surface area contributed by atoms with E-state index < -0.39 is 0 Å². The van der Waals surface area contributed by atoms with Crippen LogP contribution in [0.1, 0.15) is 34.3 Å². The molecule has 0 unspecified atom stereocenters. The van der Waals surface area contributed by atoms with Gasteiger partial charge in [0.2, 0.25) is 5.91 Å². The van der Waals surface area contributed by atoms with E-state index in [0.717, 1.165) is 6.42 Å². The molecule has 1 amide bonds. The lowest BCUT2D eigenvalue weighted by Crippen LogP contribution is -2.26. The highest BCUT2D eigenvalue weighted by Crippen LogP contribution is 2.05. The summed E-state index contributed by atoms with van der Waals surface area (Å²) >= 11 is 0. The zero-order valence-electron chi connectivity index (χ0n) is 12.7. The maximum Gasteiger partial charge on any atom is 0.220 e. The van der Waals surface area contributed by atoms with Crippen molar-refractivity contribution in [3.63, 3.8) is 0 Å². The third-order valence-corrected chi connectivity index (χ3v) is 3.38. The van der Waals surface area contributed by atoms with Crippen LogP contribution >= 0.6 is 0 Å². The average Bonchev–Trinajstić information content (AvgIpc) is 2.53. The fraction of sp³-hybridized carbons (Fsp3) is 0.278. The highest BCUT2D eigenvalue weighted by molar-refractivity contribution is 5.97. The minimum absolute atomic E-state index is 0.0538. The molecule has 0 saturated carbocycles. The number of aromatic nitrogens is 1. The van der Waals surface area contributed by atoms with Crippen molar-refractivity contribution in [2.75, 3.05) is 6.54 Å². The molecule has 0 fully saturated rings. The van der Waals surface area contributed by atoms with Crippen molar-refractivity contribution in [1.82, 2.24) is 10.3 Å². The second-order valence-electron chi connectivity index (χ2n) is 5.25. The lowest BCUT2D eigenvalue weighted by molar-refractivity contribution is -0.121. The largest absolute Gasteiger partial charge is 0.356 e. The molecule has 0 aliphatic heterocycles. The molecule has 0 spiro atoms. The number of Topliss-reactive ketones (excluding diaryl/α,β-unsaturated/α-hetero) is 1. The smallest absolute Gasteiger partial charge is 0.220 e. The molecule has 0 atom stereocenters. The molecule has 1 aromatic carbocycles. The van der Waals surface area contributed by atoms with Gasteiger partial charge in [-0.25, -0.2) is 0 Å². The van der Waals surface area contributed by atoms with Crippen LogP contribution in [-0.4, -0.2) is 23.2 Å². The van der Waals surface area contributed by atoms with E-state index in [0.29, 0.717) is 12.1 Å². The molecule has 114 valence electrons. The molecular weight excluding hydrogens is 276 g/mol. The molecule has 0 saturated heterocycles. The van der Waals surface area contributed by atoms with Gasteiger partial charge < -0.3 is 5.32 Å². The number of hydrogen-bond donors (Lipinski definition) is 1. The number of nitrogens with zero attached hydrogens (tertiary/aromatic N) is 1. The molecule has 22 heavy (non-hydrogen) atoms. The molecule has 4 heteroatoms. The molecule has 0 aliphatic rings. The Kier molecular flexibility index (Phi) is 5.83. The number of hydrogen-bond acceptors (Lipinski definition) is 3. The first-order valence-corrected chi connectivity index (χ1v) is 7.40. The number of benzene rings is 1. The monoisotopic (exact) mass is 296 g/mol. The Morgan fingerprint density at radius 3 is 2.73 bits per heavy atom. The van der Waals surface area contributed by atoms with Gasteiger partial charge >= 0.3 is 0 Å². The van der Waals surface area contributed by atoms with Crippen molar-refractivity contribution in [2.45, 2.75) is 26.2 Å². The fourth-order valence-electron chi connectivity index (χ4n) is 2.20. The summed E-state index contributed by atoms with van der Waals surface area (Å²) in [5, 5.41) is 2.85. The van der Waals surface area contributed by atoms with Gasteiger partial charge in [0.05, 0.1) is 0 Å². The molecule has 2 rings (SSSR count). The molecule has 4 nitrogen and oxygen atoms in total. The van der Waals surface area contributed by atoms with Gasteiger partial charge in [-0.05, 0) is 31.0 Å². The van der Waals surface area contributed by atoms with Crippen LogP contribution in [0.2, 0.25) is 0 Å².